The van der Waals surface area contributed by atoms with Crippen LogP contribution in [0.3, 0.4) is 0 Å². The maximum absolute atomic E-state index is 6.53. The highest BCUT2D eigenvalue weighted by molar-refractivity contribution is 6.39. The molecular weight excluding hydrogens is 673 g/mol. The number of anilines is 2. The van der Waals surface area contributed by atoms with Crippen molar-refractivity contribution in [2.75, 3.05) is 36.0 Å². The van der Waals surface area contributed by atoms with E-state index < -0.39 is 0 Å². The number of nitrogens with one attached hydrogen (secondary N) is 2. The minimum absolute atomic E-state index is 0.380. The lowest BCUT2D eigenvalue weighted by Crippen LogP contribution is -2.46. The molecule has 4 aromatic carbocycles. The number of halogens is 3. The molecule has 246 valence electrons. The summed E-state index contributed by atoms with van der Waals surface area (Å²) >= 11 is 19.1. The van der Waals surface area contributed by atoms with Gasteiger partial charge >= 0.3 is 0 Å². The molecule has 5 heterocycles. The van der Waals surface area contributed by atoms with Crippen molar-refractivity contribution in [1.82, 2.24) is 24.9 Å². The fraction of sp³-hybridized carbons (Fsp3) is 0.205. The number of benzene rings is 4. The SMILES string of the molecule is Cc1ccc2nc(C3CN(c4c(Cl)cccc4Cl)C3)[nH]c2c1.Cc1ccc2nc(C3CN(c4c(Cl)cncc4-c4ccccc4)C3)[nH]c2c1. The molecule has 0 radical (unpaired) electrons. The minimum Gasteiger partial charge on any atom is -0.368 e. The number of H-pyrrole nitrogens is 2. The molecule has 0 unspecified atom stereocenters. The summed E-state index contributed by atoms with van der Waals surface area (Å²) in [6.45, 7) is 7.72. The van der Waals surface area contributed by atoms with E-state index in [1.54, 1.807) is 6.20 Å². The fourth-order valence-electron chi connectivity index (χ4n) is 6.71. The zero-order valence-corrected chi connectivity index (χ0v) is 29.4. The Morgan fingerprint density at radius 2 is 1.12 bits per heavy atom. The Hall–Kier alpha value is -4.56. The second-order valence-corrected chi connectivity index (χ2v) is 14.2. The molecular formula is C39H34Cl3N7. The smallest absolute Gasteiger partial charge is 0.113 e. The quantitative estimate of drug-likeness (QED) is 0.186. The third kappa shape index (κ3) is 6.23. The summed E-state index contributed by atoms with van der Waals surface area (Å²) in [5.41, 5.74) is 10.9. The minimum atomic E-state index is 0.380. The van der Waals surface area contributed by atoms with Crippen LogP contribution in [0.25, 0.3) is 33.2 Å². The number of rotatable bonds is 5. The molecule has 2 aliphatic rings. The van der Waals surface area contributed by atoms with Gasteiger partial charge in [-0.05, 0) is 66.9 Å². The number of aromatic nitrogens is 5. The molecule has 49 heavy (non-hydrogen) atoms. The fourth-order valence-corrected chi connectivity index (χ4v) is 7.63. The molecule has 2 fully saturated rings. The molecule has 9 rings (SSSR count). The Labute approximate surface area is 299 Å². The number of para-hydroxylation sites is 1. The molecule has 2 saturated heterocycles. The Balaban J connectivity index is 0.000000145. The molecule has 0 aliphatic carbocycles. The molecule has 7 nitrogen and oxygen atoms in total. The number of imidazole rings is 2. The van der Waals surface area contributed by atoms with Gasteiger partial charge in [0.1, 0.15) is 11.6 Å². The number of fused-ring (bicyclic) bond motifs is 2. The molecule has 7 aromatic rings. The highest BCUT2D eigenvalue weighted by atomic mass is 35.5. The number of hydrogen-bond donors (Lipinski definition) is 2. The monoisotopic (exact) mass is 705 g/mol. The van der Waals surface area contributed by atoms with Crippen LogP contribution < -0.4 is 9.80 Å². The zero-order valence-electron chi connectivity index (χ0n) is 27.1. The van der Waals surface area contributed by atoms with Crippen LogP contribution in [0.4, 0.5) is 11.4 Å². The first kappa shape index (κ1) is 31.7. The largest absolute Gasteiger partial charge is 0.368 e. The summed E-state index contributed by atoms with van der Waals surface area (Å²) in [7, 11) is 0. The van der Waals surface area contributed by atoms with E-state index in [9.17, 15) is 0 Å². The van der Waals surface area contributed by atoms with Gasteiger partial charge in [-0.2, -0.15) is 0 Å². The first-order valence-electron chi connectivity index (χ1n) is 16.4. The highest BCUT2D eigenvalue weighted by Crippen LogP contribution is 2.42. The number of aryl methyl sites for hydroxylation is 2. The van der Waals surface area contributed by atoms with Crippen molar-refractivity contribution in [1.29, 1.82) is 0 Å². The standard InChI is InChI=1S/C22H19ClN4.C17H15Cl2N3/c1-14-7-8-19-20(9-14)26-22(25-19)16-12-27(13-16)21-17(10-24-11-18(21)23)15-5-3-2-4-6-15;1-10-5-6-14-15(7-10)21-17(20-14)11-8-22(9-11)16-12(18)3-2-4-13(16)19/h2-11,16H,12-13H2,1H3,(H,25,26);2-7,11H,8-9H2,1H3,(H,20,21). The summed E-state index contributed by atoms with van der Waals surface area (Å²) in [5, 5.41) is 2.09. The first-order chi connectivity index (χ1) is 23.8. The molecule has 10 heteroatoms. The molecule has 0 saturated carbocycles. The second kappa shape index (κ2) is 13.0. The summed E-state index contributed by atoms with van der Waals surface area (Å²) in [4.78, 5) is 25.2. The van der Waals surface area contributed by atoms with Gasteiger partial charge in [0, 0.05) is 44.1 Å². The maximum atomic E-state index is 6.53. The van der Waals surface area contributed by atoms with Gasteiger partial charge < -0.3 is 19.8 Å². The van der Waals surface area contributed by atoms with E-state index in [1.165, 1.54) is 11.1 Å². The van der Waals surface area contributed by atoms with E-state index in [-0.39, 0.29) is 0 Å². The highest BCUT2D eigenvalue weighted by Gasteiger charge is 2.34. The van der Waals surface area contributed by atoms with Gasteiger partial charge in [0.2, 0.25) is 0 Å². The molecule has 0 spiro atoms. The van der Waals surface area contributed by atoms with E-state index in [1.807, 2.05) is 42.6 Å². The number of nitrogens with zero attached hydrogens (tertiary/aromatic N) is 5. The number of pyridine rings is 1. The Bertz CT molecular complexity index is 2270. The van der Waals surface area contributed by atoms with Crippen LogP contribution in [0.5, 0.6) is 0 Å². The van der Waals surface area contributed by atoms with Gasteiger partial charge in [0.25, 0.3) is 0 Å². The summed E-state index contributed by atoms with van der Waals surface area (Å²) in [5.74, 6) is 2.86. The van der Waals surface area contributed by atoms with Gasteiger partial charge in [0.15, 0.2) is 0 Å². The van der Waals surface area contributed by atoms with Crippen molar-refractivity contribution >= 4 is 68.2 Å². The average Bonchev–Trinajstić information content (AvgIpc) is 3.66. The normalized spacial score (nSPS) is 14.9. The lowest BCUT2D eigenvalue weighted by Gasteiger charge is -2.41. The number of aromatic amines is 2. The van der Waals surface area contributed by atoms with E-state index >= 15 is 0 Å². The van der Waals surface area contributed by atoms with Gasteiger partial charge in [0.05, 0.1) is 60.3 Å². The van der Waals surface area contributed by atoms with Gasteiger partial charge in [-0.1, -0.05) is 83.3 Å². The summed E-state index contributed by atoms with van der Waals surface area (Å²) in [6.07, 6.45) is 3.62. The van der Waals surface area contributed by atoms with Crippen LogP contribution in [0, 0.1) is 13.8 Å². The molecule has 2 aliphatic heterocycles. The topological polar surface area (TPSA) is 76.7 Å². The lowest BCUT2D eigenvalue weighted by atomic mass is 9.96. The predicted octanol–water partition coefficient (Wildman–Crippen LogP) is 9.97. The van der Waals surface area contributed by atoms with Crippen molar-refractivity contribution in [3.63, 3.8) is 0 Å². The maximum Gasteiger partial charge on any atom is 0.113 e. The van der Waals surface area contributed by atoms with E-state index in [0.29, 0.717) is 26.9 Å². The molecule has 0 bridgehead atoms. The van der Waals surface area contributed by atoms with E-state index in [4.69, 9.17) is 44.8 Å². The van der Waals surface area contributed by atoms with E-state index in [2.05, 4.69) is 87.1 Å². The lowest BCUT2D eigenvalue weighted by molar-refractivity contribution is 0.506. The molecule has 0 atom stereocenters. The van der Waals surface area contributed by atoms with Crippen molar-refractivity contribution in [3.05, 3.63) is 135 Å². The summed E-state index contributed by atoms with van der Waals surface area (Å²) < 4.78 is 0. The van der Waals surface area contributed by atoms with Crippen LogP contribution >= 0.6 is 34.8 Å². The van der Waals surface area contributed by atoms with Crippen LogP contribution in [0.1, 0.15) is 34.6 Å². The van der Waals surface area contributed by atoms with Crippen LogP contribution in [0.2, 0.25) is 15.1 Å². The van der Waals surface area contributed by atoms with Crippen LogP contribution in [0.15, 0.2) is 97.3 Å². The van der Waals surface area contributed by atoms with Gasteiger partial charge in [-0.15, -0.1) is 0 Å². The number of hydrogen-bond acceptors (Lipinski definition) is 5. The van der Waals surface area contributed by atoms with Crippen molar-refractivity contribution in [3.8, 4) is 11.1 Å². The van der Waals surface area contributed by atoms with Crippen molar-refractivity contribution in [2.24, 2.45) is 0 Å². The average molecular weight is 707 g/mol. The molecule has 0 amide bonds. The summed E-state index contributed by atoms with van der Waals surface area (Å²) in [6, 6.07) is 28.5. The molecule has 3 aromatic heterocycles. The Morgan fingerprint density at radius 3 is 1.67 bits per heavy atom. The molecule has 2 N–H and O–H groups in total. The van der Waals surface area contributed by atoms with Gasteiger partial charge in [-0.25, -0.2) is 9.97 Å². The first-order valence-corrected chi connectivity index (χ1v) is 17.5. The predicted molar refractivity (Wildman–Crippen MR) is 203 cm³/mol. The van der Waals surface area contributed by atoms with Gasteiger partial charge in [-0.3, -0.25) is 4.98 Å². The van der Waals surface area contributed by atoms with Crippen LogP contribution in [-0.2, 0) is 0 Å². The Kier molecular flexibility index (Phi) is 8.44. The Morgan fingerprint density at radius 1 is 0.592 bits per heavy atom. The van der Waals surface area contributed by atoms with Crippen molar-refractivity contribution < 1.29 is 0 Å². The van der Waals surface area contributed by atoms with E-state index in [0.717, 1.165) is 82.4 Å². The third-order valence-corrected chi connectivity index (χ3v) is 10.3. The van der Waals surface area contributed by atoms with Crippen molar-refractivity contribution in [2.45, 2.75) is 25.7 Å². The zero-order chi connectivity index (χ0) is 33.6. The second-order valence-electron chi connectivity index (χ2n) is 12.9. The third-order valence-electron chi connectivity index (χ3n) is 9.38. The van der Waals surface area contributed by atoms with Crippen LogP contribution in [-0.4, -0.2) is 51.1 Å².